The number of ether oxygens (including phenoxy) is 1. The first-order valence-electron chi connectivity index (χ1n) is 6.70. The molecule has 5 heteroatoms. The summed E-state index contributed by atoms with van der Waals surface area (Å²) < 4.78 is 4.74. The van der Waals surface area contributed by atoms with Crippen LogP contribution in [0.15, 0.2) is 30.3 Å². The van der Waals surface area contributed by atoms with E-state index >= 15 is 0 Å². The van der Waals surface area contributed by atoms with Crippen molar-refractivity contribution >= 4 is 11.9 Å². The van der Waals surface area contributed by atoms with Crippen LogP contribution >= 0.6 is 0 Å². The van der Waals surface area contributed by atoms with Crippen LogP contribution in [0.5, 0.6) is 0 Å². The van der Waals surface area contributed by atoms with Gasteiger partial charge in [-0.25, -0.2) is 4.79 Å². The lowest BCUT2D eigenvalue weighted by Gasteiger charge is -2.22. The largest absolute Gasteiger partial charge is 0.467 e. The lowest BCUT2D eigenvalue weighted by atomic mass is 9.98. The molecular formula is C15H22N2O3. The SMILES string of the molecule is CC[C@H](C)[C@H](N)C(=O)N[C@H](C(=O)OC)c1ccccc1. The third kappa shape index (κ3) is 4.06. The van der Waals surface area contributed by atoms with E-state index in [1.807, 2.05) is 19.9 Å². The molecule has 110 valence electrons. The fraction of sp³-hybridized carbons (Fsp3) is 0.467. The predicted octanol–water partition coefficient (Wildman–Crippen LogP) is 1.39. The average Bonchev–Trinajstić information content (AvgIpc) is 2.50. The number of carbonyl (C=O) groups excluding carboxylic acids is 2. The highest BCUT2D eigenvalue weighted by molar-refractivity contribution is 5.88. The van der Waals surface area contributed by atoms with E-state index < -0.39 is 18.1 Å². The van der Waals surface area contributed by atoms with Crippen LogP contribution < -0.4 is 11.1 Å². The first kappa shape index (κ1) is 16.2. The standard InChI is InChI=1S/C15H22N2O3/c1-4-10(2)12(16)14(18)17-13(15(19)20-3)11-8-6-5-7-9-11/h5-10,12-13H,4,16H2,1-3H3,(H,17,18)/t10-,12-,13-/m0/s1. The van der Waals surface area contributed by atoms with E-state index in [-0.39, 0.29) is 11.8 Å². The van der Waals surface area contributed by atoms with Crippen LogP contribution in [-0.2, 0) is 14.3 Å². The molecule has 0 aromatic heterocycles. The van der Waals surface area contributed by atoms with E-state index in [0.29, 0.717) is 5.56 Å². The van der Waals surface area contributed by atoms with E-state index in [1.54, 1.807) is 24.3 Å². The van der Waals surface area contributed by atoms with Crippen LogP contribution in [0.3, 0.4) is 0 Å². The van der Waals surface area contributed by atoms with Crippen LogP contribution in [-0.4, -0.2) is 25.0 Å². The number of rotatable bonds is 6. The smallest absolute Gasteiger partial charge is 0.333 e. The second-order valence-electron chi connectivity index (χ2n) is 4.79. The third-order valence-corrected chi connectivity index (χ3v) is 3.42. The lowest BCUT2D eigenvalue weighted by molar-refractivity contribution is -0.145. The van der Waals surface area contributed by atoms with Gasteiger partial charge in [0.2, 0.25) is 5.91 Å². The van der Waals surface area contributed by atoms with Gasteiger partial charge in [-0.1, -0.05) is 50.6 Å². The number of hydrogen-bond acceptors (Lipinski definition) is 4. The maximum absolute atomic E-state index is 12.1. The van der Waals surface area contributed by atoms with E-state index in [2.05, 4.69) is 5.32 Å². The van der Waals surface area contributed by atoms with Crippen LogP contribution in [0.25, 0.3) is 0 Å². The first-order chi connectivity index (χ1) is 9.51. The maximum Gasteiger partial charge on any atom is 0.333 e. The van der Waals surface area contributed by atoms with Gasteiger partial charge in [0.15, 0.2) is 6.04 Å². The van der Waals surface area contributed by atoms with E-state index in [1.165, 1.54) is 7.11 Å². The Morgan fingerprint density at radius 3 is 2.40 bits per heavy atom. The van der Waals surface area contributed by atoms with Crippen molar-refractivity contribution in [2.45, 2.75) is 32.4 Å². The molecule has 0 fully saturated rings. The summed E-state index contributed by atoms with van der Waals surface area (Å²) in [6, 6.07) is 7.48. The second kappa shape index (κ2) is 7.65. The highest BCUT2D eigenvalue weighted by Crippen LogP contribution is 2.15. The van der Waals surface area contributed by atoms with E-state index in [0.717, 1.165) is 6.42 Å². The minimum atomic E-state index is -0.830. The summed E-state index contributed by atoms with van der Waals surface area (Å²) in [6.45, 7) is 3.87. The van der Waals surface area contributed by atoms with Crippen LogP contribution in [0, 0.1) is 5.92 Å². The molecule has 0 radical (unpaired) electrons. The molecule has 1 aromatic rings. The van der Waals surface area contributed by atoms with Gasteiger partial charge in [0.25, 0.3) is 0 Å². The van der Waals surface area contributed by atoms with Crippen LogP contribution in [0.1, 0.15) is 31.9 Å². The summed E-state index contributed by atoms with van der Waals surface area (Å²) in [5.74, 6) is -0.816. The van der Waals surface area contributed by atoms with Gasteiger partial charge in [-0.3, -0.25) is 4.79 Å². The molecule has 5 nitrogen and oxygen atoms in total. The van der Waals surface area contributed by atoms with Gasteiger partial charge in [0.05, 0.1) is 13.2 Å². The van der Waals surface area contributed by atoms with Crippen molar-refractivity contribution < 1.29 is 14.3 Å². The first-order valence-corrected chi connectivity index (χ1v) is 6.70. The monoisotopic (exact) mass is 278 g/mol. The summed E-state index contributed by atoms with van der Waals surface area (Å²) >= 11 is 0. The van der Waals surface area contributed by atoms with Crippen molar-refractivity contribution in [1.29, 1.82) is 0 Å². The highest BCUT2D eigenvalue weighted by Gasteiger charge is 2.27. The van der Waals surface area contributed by atoms with Crippen molar-refractivity contribution in [3.05, 3.63) is 35.9 Å². The molecule has 0 heterocycles. The number of methoxy groups -OCH3 is 1. The Labute approximate surface area is 119 Å². The lowest BCUT2D eigenvalue weighted by Crippen LogP contribution is -2.47. The fourth-order valence-corrected chi connectivity index (χ4v) is 1.79. The number of nitrogens with one attached hydrogen (secondary N) is 1. The van der Waals surface area contributed by atoms with Gasteiger partial charge in [-0.05, 0) is 11.5 Å². The van der Waals surface area contributed by atoms with E-state index in [4.69, 9.17) is 10.5 Å². The Bertz CT molecular complexity index is 448. The summed E-state index contributed by atoms with van der Waals surface area (Å²) in [5, 5.41) is 2.66. The third-order valence-electron chi connectivity index (χ3n) is 3.42. The Hall–Kier alpha value is -1.88. The molecule has 1 aromatic carbocycles. The van der Waals surface area contributed by atoms with Crippen molar-refractivity contribution in [3.63, 3.8) is 0 Å². The molecule has 0 spiro atoms. The number of amides is 1. The molecule has 20 heavy (non-hydrogen) atoms. The van der Waals surface area contributed by atoms with Gasteiger partial charge < -0.3 is 15.8 Å². The summed E-state index contributed by atoms with van der Waals surface area (Å²) in [4.78, 5) is 23.9. The van der Waals surface area contributed by atoms with Crippen molar-refractivity contribution in [2.24, 2.45) is 11.7 Å². The molecule has 0 bridgehead atoms. The van der Waals surface area contributed by atoms with Gasteiger partial charge in [0.1, 0.15) is 0 Å². The molecular weight excluding hydrogens is 256 g/mol. The van der Waals surface area contributed by atoms with Gasteiger partial charge in [0, 0.05) is 0 Å². The highest BCUT2D eigenvalue weighted by atomic mass is 16.5. The molecule has 3 N–H and O–H groups in total. The minimum Gasteiger partial charge on any atom is -0.467 e. The minimum absolute atomic E-state index is 0.0454. The quantitative estimate of drug-likeness (QED) is 0.770. The molecule has 0 aliphatic heterocycles. The number of carbonyl (C=O) groups is 2. The molecule has 0 aliphatic rings. The molecule has 0 aliphatic carbocycles. The topological polar surface area (TPSA) is 81.4 Å². The van der Waals surface area contributed by atoms with Crippen LogP contribution in [0.2, 0.25) is 0 Å². The maximum atomic E-state index is 12.1. The van der Waals surface area contributed by atoms with Gasteiger partial charge in [-0.2, -0.15) is 0 Å². The Balaban J connectivity index is 2.87. The van der Waals surface area contributed by atoms with Crippen molar-refractivity contribution in [2.75, 3.05) is 7.11 Å². The van der Waals surface area contributed by atoms with Crippen molar-refractivity contribution in [1.82, 2.24) is 5.32 Å². The summed E-state index contributed by atoms with van der Waals surface area (Å²) in [7, 11) is 1.29. The predicted molar refractivity (Wildman–Crippen MR) is 76.8 cm³/mol. The number of hydrogen-bond donors (Lipinski definition) is 2. The fourth-order valence-electron chi connectivity index (χ4n) is 1.79. The average molecular weight is 278 g/mol. The molecule has 0 saturated carbocycles. The van der Waals surface area contributed by atoms with Gasteiger partial charge >= 0.3 is 5.97 Å². The number of esters is 1. The summed E-state index contributed by atoms with van der Waals surface area (Å²) in [6.07, 6.45) is 0.794. The Morgan fingerprint density at radius 1 is 1.30 bits per heavy atom. The second-order valence-corrected chi connectivity index (χ2v) is 4.79. The van der Waals surface area contributed by atoms with Crippen molar-refractivity contribution in [3.8, 4) is 0 Å². The zero-order valence-corrected chi connectivity index (χ0v) is 12.1. The summed E-state index contributed by atoms with van der Waals surface area (Å²) in [5.41, 5.74) is 6.55. The molecule has 3 atom stereocenters. The van der Waals surface area contributed by atoms with Gasteiger partial charge in [-0.15, -0.1) is 0 Å². The zero-order chi connectivity index (χ0) is 15.1. The number of benzene rings is 1. The molecule has 0 unspecified atom stereocenters. The Kier molecular flexibility index (Phi) is 6.18. The molecule has 1 amide bonds. The zero-order valence-electron chi connectivity index (χ0n) is 12.1. The molecule has 1 rings (SSSR count). The van der Waals surface area contributed by atoms with E-state index in [9.17, 15) is 9.59 Å². The number of nitrogens with two attached hydrogens (primary N) is 1. The molecule has 0 saturated heterocycles. The Morgan fingerprint density at radius 2 is 1.90 bits per heavy atom. The normalized spacial score (nSPS) is 15.0. The van der Waals surface area contributed by atoms with Crippen LogP contribution in [0.4, 0.5) is 0 Å².